The quantitative estimate of drug-likeness (QED) is 0.327. The molecular formula is C21H17FN4OS2. The van der Waals surface area contributed by atoms with Crippen LogP contribution in [0.3, 0.4) is 0 Å². The minimum atomic E-state index is -0.344. The van der Waals surface area contributed by atoms with Crippen LogP contribution in [0.2, 0.25) is 0 Å². The molecule has 0 fully saturated rings. The van der Waals surface area contributed by atoms with E-state index in [2.05, 4.69) is 39.6 Å². The molecule has 0 aliphatic heterocycles. The normalized spacial score (nSPS) is 10.9. The molecule has 1 amide bonds. The Morgan fingerprint density at radius 1 is 1.21 bits per heavy atom. The third-order valence-corrected chi connectivity index (χ3v) is 6.14. The monoisotopic (exact) mass is 424 g/mol. The smallest absolute Gasteiger partial charge is 0.234 e. The van der Waals surface area contributed by atoms with E-state index in [1.807, 2.05) is 16.7 Å². The second-order valence-electron chi connectivity index (χ2n) is 6.19. The maximum Gasteiger partial charge on any atom is 0.234 e. The van der Waals surface area contributed by atoms with Crippen molar-refractivity contribution < 1.29 is 9.18 Å². The van der Waals surface area contributed by atoms with Crippen molar-refractivity contribution in [1.29, 1.82) is 0 Å². The molecule has 29 heavy (non-hydrogen) atoms. The van der Waals surface area contributed by atoms with E-state index in [1.165, 1.54) is 40.7 Å². The summed E-state index contributed by atoms with van der Waals surface area (Å²) in [6, 6.07) is 13.8. The first-order valence-electron chi connectivity index (χ1n) is 8.84. The summed E-state index contributed by atoms with van der Waals surface area (Å²) in [5, 5.41) is 15.3. The molecule has 0 saturated heterocycles. The molecule has 8 heteroatoms. The van der Waals surface area contributed by atoms with E-state index >= 15 is 0 Å². The Bertz CT molecular complexity index is 1170. The average Bonchev–Trinajstić information content (AvgIpc) is 3.32. The molecule has 2 heterocycles. The van der Waals surface area contributed by atoms with E-state index in [9.17, 15) is 9.18 Å². The standard InChI is InChI=1S/C21H17FN4OS2/c1-2-11-26-20(17-12-28-18-6-4-3-5-16(17)18)24-25-21(26)29-13-19(27)23-15-9-7-14(22)8-10-15/h2-10,12H,1,11,13H2,(H,23,27). The van der Waals surface area contributed by atoms with Crippen molar-refractivity contribution in [3.63, 3.8) is 0 Å². The first-order chi connectivity index (χ1) is 14.2. The number of anilines is 1. The molecule has 1 N–H and O–H groups in total. The maximum atomic E-state index is 13.0. The van der Waals surface area contributed by atoms with Gasteiger partial charge in [0, 0.05) is 33.3 Å². The van der Waals surface area contributed by atoms with Crippen LogP contribution in [0, 0.1) is 5.82 Å². The van der Waals surface area contributed by atoms with E-state index in [4.69, 9.17) is 0 Å². The lowest BCUT2D eigenvalue weighted by Gasteiger charge is -2.08. The summed E-state index contributed by atoms with van der Waals surface area (Å²) in [5.74, 6) is 0.376. The van der Waals surface area contributed by atoms with E-state index in [1.54, 1.807) is 17.4 Å². The molecular weight excluding hydrogens is 407 g/mol. The Hall–Kier alpha value is -2.97. The van der Waals surface area contributed by atoms with Crippen molar-refractivity contribution >= 4 is 44.8 Å². The predicted octanol–water partition coefficient (Wildman–Crippen LogP) is 5.22. The number of hydrogen-bond acceptors (Lipinski definition) is 5. The van der Waals surface area contributed by atoms with Gasteiger partial charge in [-0.2, -0.15) is 0 Å². The first kappa shape index (κ1) is 19.4. The Balaban J connectivity index is 1.53. The summed E-state index contributed by atoms with van der Waals surface area (Å²) >= 11 is 2.96. The van der Waals surface area contributed by atoms with Crippen LogP contribution in [0.1, 0.15) is 0 Å². The number of nitrogens with zero attached hydrogens (tertiary/aromatic N) is 3. The number of allylic oxidation sites excluding steroid dienone is 1. The van der Waals surface area contributed by atoms with Crippen LogP contribution in [0.4, 0.5) is 10.1 Å². The second-order valence-corrected chi connectivity index (χ2v) is 8.05. The average molecular weight is 425 g/mol. The third kappa shape index (κ3) is 4.23. The fourth-order valence-electron chi connectivity index (χ4n) is 2.90. The highest BCUT2D eigenvalue weighted by Gasteiger charge is 2.17. The molecule has 0 unspecified atom stereocenters. The van der Waals surface area contributed by atoms with Gasteiger partial charge in [0.15, 0.2) is 11.0 Å². The Morgan fingerprint density at radius 3 is 2.79 bits per heavy atom. The second kappa shape index (κ2) is 8.59. The maximum absolute atomic E-state index is 13.0. The minimum absolute atomic E-state index is 0.164. The molecule has 4 rings (SSSR count). The summed E-state index contributed by atoms with van der Waals surface area (Å²) in [4.78, 5) is 12.2. The number of thioether (sulfide) groups is 1. The summed E-state index contributed by atoms with van der Waals surface area (Å²) in [5.41, 5.74) is 1.57. The minimum Gasteiger partial charge on any atom is -0.325 e. The van der Waals surface area contributed by atoms with Crippen molar-refractivity contribution in [2.75, 3.05) is 11.1 Å². The van der Waals surface area contributed by atoms with Gasteiger partial charge in [0.25, 0.3) is 0 Å². The lowest BCUT2D eigenvalue weighted by molar-refractivity contribution is -0.113. The van der Waals surface area contributed by atoms with Crippen molar-refractivity contribution in [2.24, 2.45) is 0 Å². The van der Waals surface area contributed by atoms with Gasteiger partial charge in [-0.1, -0.05) is 36.0 Å². The summed E-state index contributed by atoms with van der Waals surface area (Å²) in [6.07, 6.45) is 1.78. The van der Waals surface area contributed by atoms with Gasteiger partial charge in [-0.15, -0.1) is 28.1 Å². The first-order valence-corrected chi connectivity index (χ1v) is 10.7. The number of benzene rings is 2. The zero-order valence-electron chi connectivity index (χ0n) is 15.3. The number of carbonyl (C=O) groups excluding carboxylic acids is 1. The van der Waals surface area contributed by atoms with Gasteiger partial charge in [-0.05, 0) is 30.3 Å². The number of amides is 1. The zero-order chi connectivity index (χ0) is 20.2. The van der Waals surface area contributed by atoms with Gasteiger partial charge in [-0.3, -0.25) is 9.36 Å². The molecule has 0 aliphatic rings. The predicted molar refractivity (Wildman–Crippen MR) is 117 cm³/mol. The van der Waals surface area contributed by atoms with Gasteiger partial charge in [0.2, 0.25) is 5.91 Å². The molecule has 0 saturated carbocycles. The molecule has 0 spiro atoms. The fourth-order valence-corrected chi connectivity index (χ4v) is 4.59. The summed E-state index contributed by atoms with van der Waals surface area (Å²) in [6.45, 7) is 4.36. The number of nitrogens with one attached hydrogen (secondary N) is 1. The summed E-state index contributed by atoms with van der Waals surface area (Å²) in [7, 11) is 0. The van der Waals surface area contributed by atoms with E-state index in [-0.39, 0.29) is 17.5 Å². The van der Waals surface area contributed by atoms with Crippen LogP contribution in [0.5, 0.6) is 0 Å². The van der Waals surface area contributed by atoms with Crippen LogP contribution >= 0.6 is 23.1 Å². The molecule has 5 nitrogen and oxygen atoms in total. The number of fused-ring (bicyclic) bond motifs is 1. The van der Waals surface area contributed by atoms with E-state index in [0.717, 1.165) is 16.8 Å². The van der Waals surface area contributed by atoms with Gasteiger partial charge in [0.1, 0.15) is 5.82 Å². The molecule has 0 atom stereocenters. The third-order valence-electron chi connectivity index (χ3n) is 4.21. The number of thiophene rings is 1. The van der Waals surface area contributed by atoms with Crippen LogP contribution < -0.4 is 5.32 Å². The molecule has 146 valence electrons. The fraction of sp³-hybridized carbons (Fsp3) is 0.0952. The van der Waals surface area contributed by atoms with Crippen molar-refractivity contribution in [1.82, 2.24) is 14.8 Å². The van der Waals surface area contributed by atoms with Crippen molar-refractivity contribution in [3.05, 3.63) is 72.4 Å². The lowest BCUT2D eigenvalue weighted by Crippen LogP contribution is -2.14. The highest BCUT2D eigenvalue weighted by Crippen LogP contribution is 2.34. The SMILES string of the molecule is C=CCn1c(SCC(=O)Nc2ccc(F)cc2)nnc1-c1csc2ccccc12. The largest absolute Gasteiger partial charge is 0.325 e. The number of halogens is 1. The highest BCUT2D eigenvalue weighted by molar-refractivity contribution is 7.99. The molecule has 0 aliphatic carbocycles. The lowest BCUT2D eigenvalue weighted by atomic mass is 10.1. The Morgan fingerprint density at radius 2 is 2.00 bits per heavy atom. The van der Waals surface area contributed by atoms with Crippen molar-refractivity contribution in [2.45, 2.75) is 11.7 Å². The molecule has 4 aromatic rings. The van der Waals surface area contributed by atoms with Gasteiger partial charge < -0.3 is 5.32 Å². The Labute approximate surface area is 175 Å². The van der Waals surface area contributed by atoms with Crippen LogP contribution in [0.15, 0.2) is 71.7 Å². The zero-order valence-corrected chi connectivity index (χ0v) is 17.0. The van der Waals surface area contributed by atoms with E-state index < -0.39 is 0 Å². The van der Waals surface area contributed by atoms with Gasteiger partial charge in [0.05, 0.1) is 5.75 Å². The van der Waals surface area contributed by atoms with Crippen LogP contribution in [0.25, 0.3) is 21.5 Å². The molecule has 0 bridgehead atoms. The number of carbonyl (C=O) groups is 1. The number of hydrogen-bond donors (Lipinski definition) is 1. The number of rotatable bonds is 7. The van der Waals surface area contributed by atoms with Gasteiger partial charge >= 0.3 is 0 Å². The highest BCUT2D eigenvalue weighted by atomic mass is 32.2. The summed E-state index contributed by atoms with van der Waals surface area (Å²) < 4.78 is 16.1. The number of aromatic nitrogens is 3. The Kier molecular flexibility index (Phi) is 5.73. The molecule has 2 aromatic heterocycles. The van der Waals surface area contributed by atoms with Gasteiger partial charge in [-0.25, -0.2) is 4.39 Å². The van der Waals surface area contributed by atoms with Crippen LogP contribution in [-0.4, -0.2) is 26.4 Å². The molecule has 2 aromatic carbocycles. The topological polar surface area (TPSA) is 59.8 Å². The molecule has 0 radical (unpaired) electrons. The van der Waals surface area contributed by atoms with Crippen molar-refractivity contribution in [3.8, 4) is 11.4 Å². The van der Waals surface area contributed by atoms with E-state index in [0.29, 0.717) is 17.4 Å². The van der Waals surface area contributed by atoms with Crippen LogP contribution in [-0.2, 0) is 11.3 Å².